The highest BCUT2D eigenvalue weighted by Gasteiger charge is 2.10. The number of rotatable bonds is 7. The van der Waals surface area contributed by atoms with Gasteiger partial charge in [0.1, 0.15) is 5.75 Å². The Labute approximate surface area is 153 Å². The van der Waals surface area contributed by atoms with Gasteiger partial charge >= 0.3 is 12.0 Å². The van der Waals surface area contributed by atoms with Gasteiger partial charge in [0.05, 0.1) is 7.11 Å². The fraction of sp³-hybridized carbons (Fsp3) is 0.300. The molecule has 0 aromatic heterocycles. The number of ether oxygens (including phenoxy) is 2. The first kappa shape index (κ1) is 19.3. The summed E-state index contributed by atoms with van der Waals surface area (Å²) in [5, 5.41) is 2.83. The van der Waals surface area contributed by atoms with Crippen molar-refractivity contribution in [2.75, 3.05) is 26.1 Å². The Morgan fingerprint density at radius 1 is 1.00 bits per heavy atom. The number of hydrogen-bond acceptors (Lipinski definition) is 4. The van der Waals surface area contributed by atoms with E-state index in [-0.39, 0.29) is 12.6 Å². The zero-order valence-electron chi connectivity index (χ0n) is 15.3. The van der Waals surface area contributed by atoms with E-state index in [1.165, 1.54) is 12.7 Å². The molecule has 0 radical (unpaired) electrons. The van der Waals surface area contributed by atoms with Crippen molar-refractivity contribution in [2.24, 2.45) is 0 Å². The molecule has 0 aliphatic carbocycles. The van der Waals surface area contributed by atoms with Crippen LogP contribution in [0.1, 0.15) is 18.1 Å². The minimum absolute atomic E-state index is 0.151. The highest BCUT2D eigenvalue weighted by Crippen LogP contribution is 2.16. The predicted octanol–water partition coefficient (Wildman–Crippen LogP) is 3.46. The van der Waals surface area contributed by atoms with E-state index in [0.717, 1.165) is 12.0 Å². The topological polar surface area (TPSA) is 67.9 Å². The molecule has 6 nitrogen and oxygen atoms in total. The lowest BCUT2D eigenvalue weighted by molar-refractivity contribution is -0.142. The fourth-order valence-electron chi connectivity index (χ4n) is 2.28. The molecule has 2 rings (SSSR count). The average Bonchev–Trinajstić information content (AvgIpc) is 2.67. The molecule has 0 bridgehead atoms. The number of benzene rings is 2. The van der Waals surface area contributed by atoms with Crippen LogP contribution in [0, 0.1) is 0 Å². The van der Waals surface area contributed by atoms with Gasteiger partial charge in [-0.1, -0.05) is 31.2 Å². The van der Waals surface area contributed by atoms with Crippen LogP contribution in [0.25, 0.3) is 0 Å². The van der Waals surface area contributed by atoms with Crippen LogP contribution in [0.3, 0.4) is 0 Å². The third kappa shape index (κ3) is 5.81. The molecule has 2 aromatic carbocycles. The van der Waals surface area contributed by atoms with Gasteiger partial charge in [0.15, 0.2) is 6.61 Å². The van der Waals surface area contributed by atoms with Crippen molar-refractivity contribution >= 4 is 17.7 Å². The molecule has 6 heteroatoms. The SMILES string of the molecule is CCc1ccc(CN(C)C(=O)Nc2ccc(OCC(=O)OC)cc2)cc1. The monoisotopic (exact) mass is 356 g/mol. The van der Waals surface area contributed by atoms with Crippen molar-refractivity contribution in [3.8, 4) is 5.75 Å². The molecular weight excluding hydrogens is 332 g/mol. The number of amides is 2. The second kappa shape index (κ2) is 9.46. The van der Waals surface area contributed by atoms with E-state index in [0.29, 0.717) is 18.0 Å². The summed E-state index contributed by atoms with van der Waals surface area (Å²) in [4.78, 5) is 25.0. The van der Waals surface area contributed by atoms with Crippen LogP contribution in [0.2, 0.25) is 0 Å². The van der Waals surface area contributed by atoms with E-state index in [4.69, 9.17) is 4.74 Å². The van der Waals surface area contributed by atoms with Crippen LogP contribution in [0.15, 0.2) is 48.5 Å². The Balaban J connectivity index is 1.86. The predicted molar refractivity (Wildman–Crippen MR) is 100 cm³/mol. The average molecular weight is 356 g/mol. The highest BCUT2D eigenvalue weighted by molar-refractivity contribution is 5.89. The molecule has 2 aromatic rings. The van der Waals surface area contributed by atoms with Gasteiger partial charge in [0, 0.05) is 19.3 Å². The van der Waals surface area contributed by atoms with E-state index in [1.807, 2.05) is 12.1 Å². The van der Waals surface area contributed by atoms with Crippen LogP contribution in [0.4, 0.5) is 10.5 Å². The first-order chi connectivity index (χ1) is 12.5. The molecule has 138 valence electrons. The van der Waals surface area contributed by atoms with Crippen LogP contribution < -0.4 is 10.1 Å². The quantitative estimate of drug-likeness (QED) is 0.772. The molecule has 1 N–H and O–H groups in total. The van der Waals surface area contributed by atoms with E-state index in [1.54, 1.807) is 36.2 Å². The molecule has 0 saturated heterocycles. The molecule has 2 amide bonds. The lowest BCUT2D eigenvalue weighted by Crippen LogP contribution is -2.30. The number of nitrogens with zero attached hydrogens (tertiary/aromatic N) is 1. The van der Waals surface area contributed by atoms with E-state index >= 15 is 0 Å². The van der Waals surface area contributed by atoms with Crippen molar-refractivity contribution in [2.45, 2.75) is 19.9 Å². The maximum atomic E-state index is 12.3. The maximum Gasteiger partial charge on any atom is 0.343 e. The van der Waals surface area contributed by atoms with Gasteiger partial charge in [-0.2, -0.15) is 0 Å². The van der Waals surface area contributed by atoms with Gasteiger partial charge in [-0.3, -0.25) is 0 Å². The number of hydrogen-bond donors (Lipinski definition) is 1. The normalized spacial score (nSPS) is 10.1. The summed E-state index contributed by atoms with van der Waals surface area (Å²) < 4.78 is 9.78. The molecule has 0 heterocycles. The van der Waals surface area contributed by atoms with Gasteiger partial charge in [-0.15, -0.1) is 0 Å². The van der Waals surface area contributed by atoms with Crippen molar-refractivity contribution in [3.63, 3.8) is 0 Å². The summed E-state index contributed by atoms with van der Waals surface area (Å²) in [6.45, 7) is 2.48. The standard InChI is InChI=1S/C20H24N2O4/c1-4-15-5-7-16(8-6-15)13-22(2)20(24)21-17-9-11-18(12-10-17)26-14-19(23)25-3/h5-12H,4,13-14H2,1-3H3,(H,21,24). The summed E-state index contributed by atoms with van der Waals surface area (Å²) in [6.07, 6.45) is 0.996. The maximum absolute atomic E-state index is 12.3. The van der Waals surface area contributed by atoms with Crippen LogP contribution in [-0.2, 0) is 22.5 Å². The number of nitrogens with one attached hydrogen (secondary N) is 1. The van der Waals surface area contributed by atoms with Gasteiger partial charge in [0.2, 0.25) is 0 Å². The third-order valence-electron chi connectivity index (χ3n) is 3.89. The van der Waals surface area contributed by atoms with Crippen molar-refractivity contribution in [1.82, 2.24) is 4.90 Å². The summed E-state index contributed by atoms with van der Waals surface area (Å²) in [6, 6.07) is 14.8. The smallest absolute Gasteiger partial charge is 0.343 e. The number of carbonyl (C=O) groups excluding carboxylic acids is 2. The molecule has 0 atom stereocenters. The molecule has 0 unspecified atom stereocenters. The number of aryl methyl sites for hydroxylation is 1. The third-order valence-corrected chi connectivity index (χ3v) is 3.89. The largest absolute Gasteiger partial charge is 0.482 e. The van der Waals surface area contributed by atoms with E-state index in [2.05, 4.69) is 29.1 Å². The zero-order valence-corrected chi connectivity index (χ0v) is 15.3. The first-order valence-corrected chi connectivity index (χ1v) is 8.41. The minimum Gasteiger partial charge on any atom is -0.482 e. The van der Waals surface area contributed by atoms with Gasteiger partial charge in [-0.25, -0.2) is 9.59 Å². The van der Waals surface area contributed by atoms with Gasteiger partial charge in [0.25, 0.3) is 0 Å². The number of urea groups is 1. The molecule has 0 fully saturated rings. The fourth-order valence-corrected chi connectivity index (χ4v) is 2.28. The van der Waals surface area contributed by atoms with Crippen molar-refractivity contribution < 1.29 is 19.1 Å². The summed E-state index contributed by atoms with van der Waals surface area (Å²) in [5.74, 6) is 0.0775. The van der Waals surface area contributed by atoms with E-state index in [9.17, 15) is 9.59 Å². The summed E-state index contributed by atoms with van der Waals surface area (Å²) >= 11 is 0. The Morgan fingerprint density at radius 3 is 2.19 bits per heavy atom. The molecule has 0 saturated carbocycles. The van der Waals surface area contributed by atoms with Crippen molar-refractivity contribution in [1.29, 1.82) is 0 Å². The van der Waals surface area contributed by atoms with Crippen molar-refractivity contribution in [3.05, 3.63) is 59.7 Å². The second-order valence-corrected chi connectivity index (χ2v) is 5.85. The number of methoxy groups -OCH3 is 1. The minimum atomic E-state index is -0.448. The van der Waals surface area contributed by atoms with Crippen LogP contribution in [-0.4, -0.2) is 37.7 Å². The lowest BCUT2D eigenvalue weighted by Gasteiger charge is -2.18. The van der Waals surface area contributed by atoms with E-state index < -0.39 is 5.97 Å². The second-order valence-electron chi connectivity index (χ2n) is 5.85. The number of carbonyl (C=O) groups is 2. The molecule has 0 aliphatic heterocycles. The lowest BCUT2D eigenvalue weighted by atomic mass is 10.1. The van der Waals surface area contributed by atoms with Crippen LogP contribution >= 0.6 is 0 Å². The van der Waals surface area contributed by atoms with Crippen LogP contribution in [0.5, 0.6) is 5.75 Å². The Kier molecular flexibility index (Phi) is 7.02. The Morgan fingerprint density at radius 2 is 1.62 bits per heavy atom. The van der Waals surface area contributed by atoms with Gasteiger partial charge < -0.3 is 19.7 Å². The van der Waals surface area contributed by atoms with Gasteiger partial charge in [-0.05, 0) is 41.8 Å². The Bertz CT molecular complexity index is 726. The zero-order chi connectivity index (χ0) is 18.9. The Hall–Kier alpha value is -3.02. The number of anilines is 1. The molecule has 0 spiro atoms. The highest BCUT2D eigenvalue weighted by atomic mass is 16.6. The number of esters is 1. The molecular formula is C20H24N2O4. The first-order valence-electron chi connectivity index (χ1n) is 8.41. The summed E-state index contributed by atoms with van der Waals surface area (Å²) in [7, 11) is 3.05. The molecule has 26 heavy (non-hydrogen) atoms. The summed E-state index contributed by atoms with van der Waals surface area (Å²) in [5.41, 5.74) is 3.00. The molecule has 0 aliphatic rings.